The van der Waals surface area contributed by atoms with Gasteiger partial charge in [0.2, 0.25) is 0 Å². The van der Waals surface area contributed by atoms with Crippen molar-refractivity contribution in [2.24, 2.45) is 11.7 Å². The Hall–Kier alpha value is -1.55. The van der Waals surface area contributed by atoms with Gasteiger partial charge in [-0.3, -0.25) is 4.79 Å². The largest absolute Gasteiger partial charge is 0.483 e. The molecular formula is C17H28N2O2. The zero-order chi connectivity index (χ0) is 16.0. The predicted molar refractivity (Wildman–Crippen MR) is 86.5 cm³/mol. The first-order valence-corrected chi connectivity index (χ1v) is 7.57. The van der Waals surface area contributed by atoms with E-state index in [4.69, 9.17) is 10.5 Å². The molecule has 0 radical (unpaired) electrons. The number of carbonyl (C=O) groups excluding carboxylic acids is 1. The Kier molecular flexibility index (Phi) is 6.69. The maximum Gasteiger partial charge on any atom is 0.258 e. The van der Waals surface area contributed by atoms with E-state index in [0.717, 1.165) is 23.3 Å². The number of aryl methyl sites for hydroxylation is 1. The molecule has 0 heterocycles. The highest BCUT2D eigenvalue weighted by atomic mass is 16.5. The molecule has 118 valence electrons. The summed E-state index contributed by atoms with van der Waals surface area (Å²) in [4.78, 5) is 11.9. The Bertz CT molecular complexity index is 470. The summed E-state index contributed by atoms with van der Waals surface area (Å²) in [5.74, 6) is 1.09. The zero-order valence-electron chi connectivity index (χ0n) is 13.8. The summed E-state index contributed by atoms with van der Waals surface area (Å²) >= 11 is 0. The van der Waals surface area contributed by atoms with Crippen LogP contribution in [0, 0.1) is 12.8 Å². The van der Waals surface area contributed by atoms with Gasteiger partial charge >= 0.3 is 0 Å². The molecule has 0 saturated heterocycles. The van der Waals surface area contributed by atoms with Crippen LogP contribution in [0.5, 0.6) is 5.75 Å². The Labute approximate surface area is 128 Å². The molecule has 0 aromatic heterocycles. The average molecular weight is 292 g/mol. The van der Waals surface area contributed by atoms with Crippen molar-refractivity contribution in [2.45, 2.75) is 53.1 Å². The van der Waals surface area contributed by atoms with Crippen LogP contribution >= 0.6 is 0 Å². The summed E-state index contributed by atoms with van der Waals surface area (Å²) in [5, 5.41) is 2.94. The third-order valence-electron chi connectivity index (χ3n) is 3.57. The Balaban J connectivity index is 2.68. The van der Waals surface area contributed by atoms with E-state index in [-0.39, 0.29) is 24.6 Å². The second kappa shape index (κ2) is 8.03. The standard InChI is InChI=1S/C17H28N2O2/c1-11(2)14(5)19-16(20)10-21-17-12(3)7-6-8-15(17)9-13(4)18/h6-8,11,13-14H,9-10,18H2,1-5H3,(H,19,20). The number of benzene rings is 1. The summed E-state index contributed by atoms with van der Waals surface area (Å²) in [6, 6.07) is 6.17. The highest BCUT2D eigenvalue weighted by Crippen LogP contribution is 2.24. The number of amides is 1. The monoisotopic (exact) mass is 292 g/mol. The van der Waals surface area contributed by atoms with Crippen molar-refractivity contribution < 1.29 is 9.53 Å². The van der Waals surface area contributed by atoms with Gasteiger partial charge in [-0.25, -0.2) is 0 Å². The van der Waals surface area contributed by atoms with E-state index in [0.29, 0.717) is 5.92 Å². The van der Waals surface area contributed by atoms with Crippen LogP contribution < -0.4 is 15.8 Å². The topological polar surface area (TPSA) is 64.3 Å². The molecule has 1 amide bonds. The maximum absolute atomic E-state index is 11.9. The van der Waals surface area contributed by atoms with Crippen LogP contribution in [-0.4, -0.2) is 24.6 Å². The minimum atomic E-state index is -0.0915. The van der Waals surface area contributed by atoms with Crippen LogP contribution in [0.1, 0.15) is 38.8 Å². The second-order valence-electron chi connectivity index (χ2n) is 6.13. The van der Waals surface area contributed by atoms with Gasteiger partial charge in [0.25, 0.3) is 5.91 Å². The lowest BCUT2D eigenvalue weighted by molar-refractivity contribution is -0.124. The molecule has 1 aromatic carbocycles. The fourth-order valence-corrected chi connectivity index (χ4v) is 2.03. The van der Waals surface area contributed by atoms with Crippen molar-refractivity contribution in [3.63, 3.8) is 0 Å². The normalized spacial score (nSPS) is 13.9. The van der Waals surface area contributed by atoms with Crippen molar-refractivity contribution in [1.82, 2.24) is 5.32 Å². The molecule has 0 spiro atoms. The Morgan fingerprint density at radius 1 is 1.29 bits per heavy atom. The van der Waals surface area contributed by atoms with Crippen LogP contribution in [0.25, 0.3) is 0 Å². The zero-order valence-corrected chi connectivity index (χ0v) is 13.8. The van der Waals surface area contributed by atoms with Gasteiger partial charge in [-0.2, -0.15) is 0 Å². The van der Waals surface area contributed by atoms with Gasteiger partial charge in [-0.15, -0.1) is 0 Å². The van der Waals surface area contributed by atoms with Crippen LogP contribution in [-0.2, 0) is 11.2 Å². The Morgan fingerprint density at radius 3 is 2.52 bits per heavy atom. The molecular weight excluding hydrogens is 264 g/mol. The summed E-state index contributed by atoms with van der Waals surface area (Å²) in [6.07, 6.45) is 0.737. The lowest BCUT2D eigenvalue weighted by Gasteiger charge is -2.19. The fourth-order valence-electron chi connectivity index (χ4n) is 2.03. The van der Waals surface area contributed by atoms with E-state index in [2.05, 4.69) is 19.2 Å². The van der Waals surface area contributed by atoms with E-state index in [1.165, 1.54) is 0 Å². The van der Waals surface area contributed by atoms with Crippen molar-refractivity contribution in [3.8, 4) is 5.75 Å². The minimum absolute atomic E-state index is 0.0356. The summed E-state index contributed by atoms with van der Waals surface area (Å²) in [7, 11) is 0. The molecule has 3 N–H and O–H groups in total. The lowest BCUT2D eigenvalue weighted by atomic mass is 10.0. The highest BCUT2D eigenvalue weighted by molar-refractivity contribution is 5.77. The van der Waals surface area contributed by atoms with Crippen LogP contribution in [0.4, 0.5) is 0 Å². The molecule has 0 saturated carbocycles. The Morgan fingerprint density at radius 2 is 1.95 bits per heavy atom. The van der Waals surface area contributed by atoms with E-state index in [9.17, 15) is 4.79 Å². The SMILES string of the molecule is Cc1cccc(CC(C)N)c1OCC(=O)NC(C)C(C)C. The first kappa shape index (κ1) is 17.5. The molecule has 0 fully saturated rings. The van der Waals surface area contributed by atoms with Gasteiger partial charge in [-0.1, -0.05) is 32.0 Å². The molecule has 0 aliphatic heterocycles. The molecule has 21 heavy (non-hydrogen) atoms. The van der Waals surface area contributed by atoms with Crippen molar-refractivity contribution in [1.29, 1.82) is 0 Å². The lowest BCUT2D eigenvalue weighted by Crippen LogP contribution is -2.39. The third-order valence-corrected chi connectivity index (χ3v) is 3.57. The molecule has 1 aromatic rings. The smallest absolute Gasteiger partial charge is 0.258 e. The summed E-state index contributed by atoms with van der Waals surface area (Å²) < 4.78 is 5.74. The van der Waals surface area contributed by atoms with Crippen molar-refractivity contribution in [2.75, 3.05) is 6.61 Å². The van der Waals surface area contributed by atoms with Crippen molar-refractivity contribution >= 4 is 5.91 Å². The second-order valence-corrected chi connectivity index (χ2v) is 6.13. The van der Waals surface area contributed by atoms with Crippen LogP contribution in [0.2, 0.25) is 0 Å². The number of nitrogens with two attached hydrogens (primary N) is 1. The van der Waals surface area contributed by atoms with Gasteiger partial charge in [0.1, 0.15) is 5.75 Å². The molecule has 0 bridgehead atoms. The molecule has 0 aliphatic rings. The van der Waals surface area contributed by atoms with Gasteiger partial charge in [-0.05, 0) is 44.2 Å². The number of hydrogen-bond donors (Lipinski definition) is 2. The number of rotatable bonds is 7. The van der Waals surface area contributed by atoms with E-state index in [1.807, 2.05) is 39.0 Å². The van der Waals surface area contributed by atoms with Crippen LogP contribution in [0.15, 0.2) is 18.2 Å². The number of para-hydroxylation sites is 1. The molecule has 1 rings (SSSR count). The van der Waals surface area contributed by atoms with Gasteiger partial charge in [0, 0.05) is 12.1 Å². The quantitative estimate of drug-likeness (QED) is 0.811. The predicted octanol–water partition coefficient (Wildman–Crippen LogP) is 2.42. The third kappa shape index (κ3) is 5.76. The van der Waals surface area contributed by atoms with E-state index < -0.39 is 0 Å². The van der Waals surface area contributed by atoms with Gasteiger partial charge in [0.15, 0.2) is 6.61 Å². The molecule has 4 heteroatoms. The minimum Gasteiger partial charge on any atom is -0.483 e. The van der Waals surface area contributed by atoms with E-state index in [1.54, 1.807) is 0 Å². The van der Waals surface area contributed by atoms with Crippen molar-refractivity contribution in [3.05, 3.63) is 29.3 Å². The maximum atomic E-state index is 11.9. The molecule has 4 nitrogen and oxygen atoms in total. The van der Waals surface area contributed by atoms with Gasteiger partial charge in [0.05, 0.1) is 0 Å². The summed E-state index contributed by atoms with van der Waals surface area (Å²) in [5.41, 5.74) is 7.94. The van der Waals surface area contributed by atoms with E-state index >= 15 is 0 Å². The molecule has 2 unspecified atom stereocenters. The molecule has 0 aliphatic carbocycles. The summed E-state index contributed by atoms with van der Waals surface area (Å²) in [6.45, 7) is 10.1. The van der Waals surface area contributed by atoms with Crippen LogP contribution in [0.3, 0.4) is 0 Å². The number of nitrogens with one attached hydrogen (secondary N) is 1. The number of ether oxygens (including phenoxy) is 1. The highest BCUT2D eigenvalue weighted by Gasteiger charge is 2.13. The van der Waals surface area contributed by atoms with Gasteiger partial charge < -0.3 is 15.8 Å². The fraction of sp³-hybridized carbons (Fsp3) is 0.588. The molecule has 2 atom stereocenters. The average Bonchev–Trinajstić information content (AvgIpc) is 2.37. The number of hydrogen-bond acceptors (Lipinski definition) is 3. The first-order valence-electron chi connectivity index (χ1n) is 7.57. The first-order chi connectivity index (χ1) is 9.81. The number of carbonyl (C=O) groups is 1.